The highest BCUT2D eigenvalue weighted by molar-refractivity contribution is 7.98. The van der Waals surface area contributed by atoms with Crippen LogP contribution in [0, 0.1) is 0 Å². The van der Waals surface area contributed by atoms with Crippen LogP contribution in [0.15, 0.2) is 40.8 Å². The highest BCUT2D eigenvalue weighted by Gasteiger charge is 2.07. The van der Waals surface area contributed by atoms with Gasteiger partial charge >= 0.3 is 0 Å². The molecule has 0 aliphatic heterocycles. The second kappa shape index (κ2) is 7.33. The number of anilines is 1. The van der Waals surface area contributed by atoms with Gasteiger partial charge in [0.25, 0.3) is 5.76 Å². The van der Waals surface area contributed by atoms with Crippen molar-refractivity contribution in [1.29, 1.82) is 0 Å². The van der Waals surface area contributed by atoms with Gasteiger partial charge in [0.1, 0.15) is 11.5 Å². The maximum absolute atomic E-state index is 12.1. The van der Waals surface area contributed by atoms with Crippen molar-refractivity contribution >= 4 is 17.4 Å². The molecule has 0 saturated carbocycles. The number of nitrogens with one attached hydrogen (secondary N) is 1. The number of para-hydroxylation sites is 1. The maximum Gasteiger partial charge on any atom is 0.284 e. The number of hydrogen-bond donors (Lipinski definition) is 1. The van der Waals surface area contributed by atoms with Crippen LogP contribution in [0.25, 0.3) is 0 Å². The highest BCUT2D eigenvalue weighted by atomic mass is 32.2. The van der Waals surface area contributed by atoms with Crippen molar-refractivity contribution in [2.45, 2.75) is 31.4 Å². The van der Waals surface area contributed by atoms with Crippen LogP contribution < -0.4 is 5.32 Å². The van der Waals surface area contributed by atoms with Crippen LogP contribution in [0.1, 0.15) is 24.0 Å². The molecule has 0 aliphatic rings. The quantitative estimate of drug-likeness (QED) is 0.786. The summed E-state index contributed by atoms with van der Waals surface area (Å²) in [5.41, 5.74) is 2.32. The maximum atomic E-state index is 12.1. The van der Waals surface area contributed by atoms with E-state index in [2.05, 4.69) is 18.3 Å². The zero-order chi connectivity index (χ0) is 14.4. The van der Waals surface area contributed by atoms with Crippen LogP contribution in [0.2, 0.25) is 0 Å². The Hall–Kier alpha value is -1.49. The fourth-order valence-electron chi connectivity index (χ4n) is 1.92. The third-order valence-electron chi connectivity index (χ3n) is 2.92. The number of halogens is 2. The zero-order valence-electron chi connectivity index (χ0n) is 11.2. The fourth-order valence-corrected chi connectivity index (χ4v) is 2.37. The lowest BCUT2D eigenvalue weighted by Gasteiger charge is -2.09. The first-order valence-electron chi connectivity index (χ1n) is 6.48. The van der Waals surface area contributed by atoms with Crippen LogP contribution in [0.3, 0.4) is 0 Å². The van der Waals surface area contributed by atoms with E-state index < -0.39 is 5.76 Å². The van der Waals surface area contributed by atoms with Gasteiger partial charge in [-0.3, -0.25) is 0 Å². The molecule has 1 heterocycles. The van der Waals surface area contributed by atoms with Crippen molar-refractivity contribution in [2.75, 3.05) is 5.32 Å². The van der Waals surface area contributed by atoms with Gasteiger partial charge in [-0.15, -0.1) is 0 Å². The molecule has 2 nitrogen and oxygen atoms in total. The predicted molar refractivity (Wildman–Crippen MR) is 79.2 cm³/mol. The van der Waals surface area contributed by atoms with Gasteiger partial charge in [0, 0.05) is 5.69 Å². The smallest absolute Gasteiger partial charge is 0.284 e. The normalized spacial score (nSPS) is 11.0. The van der Waals surface area contributed by atoms with Crippen LogP contribution in [0.4, 0.5) is 14.5 Å². The molecular formula is C15H17F2NOS. The van der Waals surface area contributed by atoms with Gasteiger partial charge in [0.05, 0.1) is 12.3 Å². The first-order valence-corrected chi connectivity index (χ1v) is 7.53. The molecule has 0 unspecified atom stereocenters. The summed E-state index contributed by atoms with van der Waals surface area (Å²) >= 11 is 0.571. The summed E-state index contributed by atoms with van der Waals surface area (Å²) in [6.07, 6.45) is 0.956. The Kier molecular flexibility index (Phi) is 5.47. The number of aryl methyl sites for hydroxylation is 1. The third-order valence-corrected chi connectivity index (χ3v) is 3.62. The molecule has 1 aromatic carbocycles. The summed E-state index contributed by atoms with van der Waals surface area (Å²) in [4.78, 5) is 0. The number of thioether (sulfide) groups is 1. The van der Waals surface area contributed by atoms with Crippen LogP contribution in [-0.4, -0.2) is 5.76 Å². The Labute approximate surface area is 121 Å². The average molecular weight is 297 g/mol. The summed E-state index contributed by atoms with van der Waals surface area (Å²) in [7, 11) is 0. The molecule has 20 heavy (non-hydrogen) atoms. The highest BCUT2D eigenvalue weighted by Crippen LogP contribution is 2.22. The Balaban J connectivity index is 1.91. The van der Waals surface area contributed by atoms with Gasteiger partial charge in [-0.2, -0.15) is 8.78 Å². The molecule has 2 rings (SSSR count). The van der Waals surface area contributed by atoms with Gasteiger partial charge in [0.2, 0.25) is 0 Å². The van der Waals surface area contributed by atoms with Crippen molar-refractivity contribution in [3.8, 4) is 0 Å². The molecule has 0 amide bonds. The summed E-state index contributed by atoms with van der Waals surface area (Å²) in [5.74, 6) is -0.835. The first-order chi connectivity index (χ1) is 9.69. The van der Waals surface area contributed by atoms with E-state index in [9.17, 15) is 8.78 Å². The molecule has 0 radical (unpaired) electrons. The van der Waals surface area contributed by atoms with Crippen molar-refractivity contribution in [1.82, 2.24) is 0 Å². The largest absolute Gasteiger partial charge is 0.463 e. The van der Waals surface area contributed by atoms with Gasteiger partial charge < -0.3 is 9.73 Å². The van der Waals surface area contributed by atoms with E-state index in [1.807, 2.05) is 24.3 Å². The molecule has 1 N–H and O–H groups in total. The minimum atomic E-state index is -2.36. The molecule has 0 aliphatic carbocycles. The number of alkyl halides is 2. The van der Waals surface area contributed by atoms with E-state index in [4.69, 9.17) is 4.42 Å². The lowest BCUT2D eigenvalue weighted by atomic mass is 10.1. The number of furan rings is 1. The Morgan fingerprint density at radius 3 is 2.65 bits per heavy atom. The summed E-state index contributed by atoms with van der Waals surface area (Å²) in [6.45, 7) is 2.66. The predicted octanol–water partition coefficient (Wildman–Crippen LogP) is 4.91. The second-order valence-corrected chi connectivity index (χ2v) is 5.28. The fraction of sp³-hybridized carbons (Fsp3) is 0.333. The van der Waals surface area contributed by atoms with E-state index in [1.165, 1.54) is 5.56 Å². The van der Waals surface area contributed by atoms with Crippen molar-refractivity contribution < 1.29 is 13.2 Å². The number of rotatable bonds is 7. The zero-order valence-corrected chi connectivity index (χ0v) is 12.1. The molecule has 0 atom stereocenters. The average Bonchev–Trinajstić information content (AvgIpc) is 2.91. The molecule has 5 heteroatoms. The standard InChI is InChI=1S/C15H17F2NOS/c1-2-11-5-3-4-6-14(11)18-9-12-7-8-13(19-12)10-20-15(16)17/h3-8,15,18H,2,9-10H2,1H3. The summed E-state index contributed by atoms with van der Waals surface area (Å²) < 4.78 is 29.7. The lowest BCUT2D eigenvalue weighted by molar-refractivity contribution is 0.251. The molecule has 1 aromatic heterocycles. The Bertz CT molecular complexity index is 542. The van der Waals surface area contributed by atoms with Gasteiger partial charge in [0.15, 0.2) is 0 Å². The van der Waals surface area contributed by atoms with Crippen LogP contribution >= 0.6 is 11.8 Å². The van der Waals surface area contributed by atoms with E-state index in [0.717, 1.165) is 17.9 Å². The molecule has 0 spiro atoms. The summed E-state index contributed by atoms with van der Waals surface area (Å²) in [5, 5.41) is 3.31. The number of benzene rings is 1. The molecule has 2 aromatic rings. The monoisotopic (exact) mass is 297 g/mol. The SMILES string of the molecule is CCc1ccccc1NCc1ccc(CSC(F)F)o1. The van der Waals surface area contributed by atoms with Gasteiger partial charge in [-0.25, -0.2) is 0 Å². The molecule has 108 valence electrons. The van der Waals surface area contributed by atoms with Gasteiger partial charge in [-0.1, -0.05) is 36.9 Å². The van der Waals surface area contributed by atoms with Crippen molar-refractivity contribution in [2.24, 2.45) is 0 Å². The van der Waals surface area contributed by atoms with Crippen molar-refractivity contribution in [3.63, 3.8) is 0 Å². The minimum absolute atomic E-state index is 0.198. The minimum Gasteiger partial charge on any atom is -0.463 e. The second-order valence-electron chi connectivity index (χ2n) is 4.30. The Morgan fingerprint density at radius 2 is 1.90 bits per heavy atom. The van der Waals surface area contributed by atoms with E-state index in [-0.39, 0.29) is 5.75 Å². The molecule has 0 saturated heterocycles. The van der Waals surface area contributed by atoms with E-state index >= 15 is 0 Å². The Morgan fingerprint density at radius 1 is 1.15 bits per heavy atom. The third kappa shape index (κ3) is 4.27. The first kappa shape index (κ1) is 14.9. The molecule has 0 fully saturated rings. The van der Waals surface area contributed by atoms with Gasteiger partial charge in [-0.05, 0) is 30.2 Å². The van der Waals surface area contributed by atoms with E-state index in [1.54, 1.807) is 6.07 Å². The number of hydrogen-bond acceptors (Lipinski definition) is 3. The molecule has 0 bridgehead atoms. The van der Waals surface area contributed by atoms with Crippen molar-refractivity contribution in [3.05, 3.63) is 53.5 Å². The van der Waals surface area contributed by atoms with Crippen LogP contribution in [0.5, 0.6) is 0 Å². The lowest BCUT2D eigenvalue weighted by Crippen LogP contribution is -2.00. The summed E-state index contributed by atoms with van der Waals surface area (Å²) in [6, 6.07) is 11.7. The van der Waals surface area contributed by atoms with E-state index in [0.29, 0.717) is 24.1 Å². The van der Waals surface area contributed by atoms with Crippen LogP contribution in [-0.2, 0) is 18.7 Å². The topological polar surface area (TPSA) is 25.2 Å². The molecular weight excluding hydrogens is 280 g/mol.